The number of methoxy groups -OCH3 is 1. The highest BCUT2D eigenvalue weighted by atomic mass is 16.7. The van der Waals surface area contributed by atoms with Crippen LogP contribution in [0.2, 0.25) is 0 Å². The zero-order valence-electron chi connectivity index (χ0n) is 24.4. The third-order valence-electron chi connectivity index (χ3n) is 7.08. The van der Waals surface area contributed by atoms with Crippen molar-refractivity contribution in [3.63, 3.8) is 0 Å². The molecule has 0 bridgehead atoms. The predicted octanol–water partition coefficient (Wildman–Crippen LogP) is 5.68. The summed E-state index contributed by atoms with van der Waals surface area (Å²) in [6.45, 7) is 8.63. The van der Waals surface area contributed by atoms with Crippen molar-refractivity contribution in [1.82, 2.24) is 4.90 Å². The highest BCUT2D eigenvalue weighted by molar-refractivity contribution is 6.21. The van der Waals surface area contributed by atoms with E-state index < -0.39 is 0 Å². The van der Waals surface area contributed by atoms with Crippen LogP contribution in [0.3, 0.4) is 0 Å². The largest absolute Gasteiger partial charge is 0.494 e. The number of carbonyl (C=O) groups excluding carboxylic acids is 2. The van der Waals surface area contributed by atoms with Gasteiger partial charge in [-0.15, -0.1) is 0 Å². The van der Waals surface area contributed by atoms with E-state index in [9.17, 15) is 9.59 Å². The zero-order valence-corrected chi connectivity index (χ0v) is 24.4. The summed E-state index contributed by atoms with van der Waals surface area (Å²) >= 11 is 0. The average Bonchev–Trinajstić information content (AvgIpc) is 3.23. The van der Waals surface area contributed by atoms with Gasteiger partial charge in [-0.25, -0.2) is 0 Å². The molecule has 0 fully saturated rings. The Morgan fingerprint density at radius 3 is 2.24 bits per heavy atom. The van der Waals surface area contributed by atoms with Crippen LogP contribution in [0.1, 0.15) is 52.6 Å². The molecule has 0 atom stereocenters. The molecule has 2 aliphatic heterocycles. The summed E-state index contributed by atoms with van der Waals surface area (Å²) in [4.78, 5) is 29.9. The van der Waals surface area contributed by atoms with Crippen molar-refractivity contribution in [3.8, 4) is 23.0 Å². The van der Waals surface area contributed by atoms with E-state index in [4.69, 9.17) is 28.4 Å². The smallest absolute Gasteiger partial charge is 0.261 e. The molecule has 0 aromatic heterocycles. The van der Waals surface area contributed by atoms with Gasteiger partial charge in [-0.2, -0.15) is 0 Å². The summed E-state index contributed by atoms with van der Waals surface area (Å²) in [5.41, 5.74) is 3.88. The monoisotopic (exact) mass is 576 g/mol. The van der Waals surface area contributed by atoms with E-state index in [0.29, 0.717) is 67.1 Å². The lowest BCUT2D eigenvalue weighted by molar-refractivity contribution is -0.0730. The Bertz CT molecular complexity index is 1420. The first-order chi connectivity index (χ1) is 20.5. The van der Waals surface area contributed by atoms with E-state index in [1.54, 1.807) is 31.4 Å². The van der Waals surface area contributed by atoms with Crippen molar-refractivity contribution < 1.29 is 38.0 Å². The van der Waals surface area contributed by atoms with E-state index in [1.807, 2.05) is 45.0 Å². The van der Waals surface area contributed by atoms with Crippen LogP contribution in [0.25, 0.3) is 0 Å². The minimum Gasteiger partial charge on any atom is -0.494 e. The Kier molecular flexibility index (Phi) is 9.26. The molecular formula is C32H36N2O8. The Hall–Kier alpha value is -4.12. The van der Waals surface area contributed by atoms with Gasteiger partial charge in [0.15, 0.2) is 11.5 Å². The third-order valence-corrected chi connectivity index (χ3v) is 7.08. The molecule has 2 aliphatic rings. The van der Waals surface area contributed by atoms with Crippen LogP contribution in [0.4, 0.5) is 11.4 Å². The van der Waals surface area contributed by atoms with E-state index in [0.717, 1.165) is 22.5 Å². The highest BCUT2D eigenvalue weighted by Crippen LogP contribution is 2.53. The summed E-state index contributed by atoms with van der Waals surface area (Å²) in [6, 6.07) is 14.5. The fraction of sp³-hybridized carbons (Fsp3) is 0.375. The highest BCUT2D eigenvalue weighted by Gasteiger charge is 2.37. The Balaban J connectivity index is 1.52. The van der Waals surface area contributed by atoms with Gasteiger partial charge >= 0.3 is 0 Å². The normalized spacial score (nSPS) is 13.5. The van der Waals surface area contributed by atoms with E-state index in [-0.39, 0.29) is 31.8 Å². The van der Waals surface area contributed by atoms with Crippen molar-refractivity contribution in [2.75, 3.05) is 51.8 Å². The van der Waals surface area contributed by atoms with Crippen molar-refractivity contribution in [3.05, 3.63) is 70.8 Å². The van der Waals surface area contributed by atoms with Crippen LogP contribution in [0.5, 0.6) is 23.0 Å². The molecule has 10 heteroatoms. The Labute approximate surface area is 245 Å². The molecule has 0 N–H and O–H groups in total. The number of imide groups is 1. The molecular weight excluding hydrogens is 540 g/mol. The van der Waals surface area contributed by atoms with Gasteiger partial charge < -0.3 is 33.3 Å². The van der Waals surface area contributed by atoms with Gasteiger partial charge in [0.25, 0.3) is 11.8 Å². The number of hydrogen-bond donors (Lipinski definition) is 0. The predicted molar refractivity (Wildman–Crippen MR) is 156 cm³/mol. The fourth-order valence-electron chi connectivity index (χ4n) is 5.26. The van der Waals surface area contributed by atoms with Crippen molar-refractivity contribution in [1.29, 1.82) is 0 Å². The maximum Gasteiger partial charge on any atom is 0.261 e. The van der Waals surface area contributed by atoms with Crippen molar-refractivity contribution in [2.45, 2.75) is 33.9 Å². The molecule has 2 amide bonds. The van der Waals surface area contributed by atoms with Crippen LogP contribution in [0.15, 0.2) is 48.5 Å². The molecule has 42 heavy (non-hydrogen) atoms. The molecule has 0 unspecified atom stereocenters. The Morgan fingerprint density at radius 2 is 1.57 bits per heavy atom. The molecule has 0 saturated heterocycles. The summed E-state index contributed by atoms with van der Waals surface area (Å²) in [6.07, 6.45) is 0. The quantitative estimate of drug-likeness (QED) is 0.136. The average molecular weight is 577 g/mol. The van der Waals surface area contributed by atoms with Gasteiger partial charge in [0.05, 0.1) is 67.6 Å². The van der Waals surface area contributed by atoms with Crippen LogP contribution in [-0.4, -0.2) is 63.6 Å². The van der Waals surface area contributed by atoms with Gasteiger partial charge in [0, 0.05) is 25.3 Å². The minimum absolute atomic E-state index is 0.0661. The number of anilines is 2. The van der Waals surface area contributed by atoms with Gasteiger partial charge in [0.1, 0.15) is 18.3 Å². The zero-order chi connectivity index (χ0) is 29.6. The maximum atomic E-state index is 13.3. The molecule has 10 nitrogen and oxygen atoms in total. The molecule has 3 aromatic carbocycles. The number of benzene rings is 3. The summed E-state index contributed by atoms with van der Waals surface area (Å²) in [7, 11) is 1.62. The van der Waals surface area contributed by atoms with E-state index in [2.05, 4.69) is 4.90 Å². The minimum atomic E-state index is -0.320. The van der Waals surface area contributed by atoms with Gasteiger partial charge in [0.2, 0.25) is 0 Å². The fourth-order valence-corrected chi connectivity index (χ4v) is 5.26. The topological polar surface area (TPSA) is 96.0 Å². The lowest BCUT2D eigenvalue weighted by Crippen LogP contribution is -2.31. The third kappa shape index (κ3) is 5.65. The van der Waals surface area contributed by atoms with Crippen molar-refractivity contribution >= 4 is 23.2 Å². The second-order valence-electron chi connectivity index (χ2n) is 9.64. The number of ether oxygens (including phenoxy) is 6. The first-order valence-corrected chi connectivity index (χ1v) is 14.2. The lowest BCUT2D eigenvalue weighted by atomic mass is 10.0. The van der Waals surface area contributed by atoms with Gasteiger partial charge in [-0.3, -0.25) is 14.5 Å². The second-order valence-corrected chi connectivity index (χ2v) is 9.64. The van der Waals surface area contributed by atoms with Crippen LogP contribution >= 0.6 is 0 Å². The van der Waals surface area contributed by atoms with Crippen LogP contribution < -0.4 is 19.1 Å². The molecule has 0 saturated carbocycles. The molecule has 0 spiro atoms. The van der Waals surface area contributed by atoms with Crippen LogP contribution in [-0.2, 0) is 27.4 Å². The molecule has 0 aliphatic carbocycles. The summed E-state index contributed by atoms with van der Waals surface area (Å²) in [5, 5.41) is 0. The van der Waals surface area contributed by atoms with Crippen molar-refractivity contribution in [2.24, 2.45) is 0 Å². The lowest BCUT2D eigenvalue weighted by Gasteiger charge is -2.36. The summed E-state index contributed by atoms with van der Waals surface area (Å²) in [5.74, 6) is 1.74. The number of nitrogens with zero attached hydrogens (tertiary/aromatic N) is 2. The van der Waals surface area contributed by atoms with Gasteiger partial charge in [-0.1, -0.05) is 12.1 Å². The number of hydrogen-bond acceptors (Lipinski definition) is 9. The Morgan fingerprint density at radius 1 is 0.833 bits per heavy atom. The molecule has 5 rings (SSSR count). The first-order valence-electron chi connectivity index (χ1n) is 14.2. The van der Waals surface area contributed by atoms with E-state index in [1.165, 1.54) is 4.90 Å². The van der Waals surface area contributed by atoms with Crippen LogP contribution in [0, 0.1) is 0 Å². The number of carbonyl (C=O) groups is 2. The standard InChI is InChI=1S/C32H36N2O8/c1-5-33-26-12-13-27(41-7-3)25(19-39-20-38-15-14-37-4)30(26)42-28-17-22(40-6-2)16-21(29(28)33)18-34-31(35)23-10-8-9-11-24(23)32(34)36/h8-13,16-17H,5-7,14-15,18-20H2,1-4H3. The number of rotatable bonds is 14. The van der Waals surface area contributed by atoms with Gasteiger partial charge in [-0.05, 0) is 51.1 Å². The molecule has 2 heterocycles. The summed E-state index contributed by atoms with van der Waals surface area (Å²) < 4.78 is 34.8. The number of amides is 2. The molecule has 0 radical (unpaired) electrons. The second kappa shape index (κ2) is 13.2. The molecule has 222 valence electrons. The number of fused-ring (bicyclic) bond motifs is 3. The SMILES string of the molecule is CCOc1cc(CN2C(=O)c3ccccc3C2=O)c2c(c1)Oc1c(ccc(OCC)c1COCOCCOC)N2CC. The van der Waals surface area contributed by atoms with E-state index >= 15 is 0 Å². The first kappa shape index (κ1) is 29.4. The maximum absolute atomic E-state index is 13.3. The molecule has 3 aromatic rings.